The van der Waals surface area contributed by atoms with Crippen LogP contribution in [0.2, 0.25) is 5.02 Å². The van der Waals surface area contributed by atoms with Crippen LogP contribution < -0.4 is 5.32 Å². The lowest BCUT2D eigenvalue weighted by Crippen LogP contribution is -2.24. The summed E-state index contributed by atoms with van der Waals surface area (Å²) in [5.74, 6) is -0.796. The van der Waals surface area contributed by atoms with Crippen LogP contribution in [0.15, 0.2) is 36.4 Å². The van der Waals surface area contributed by atoms with Crippen molar-refractivity contribution in [1.29, 1.82) is 0 Å². The predicted octanol–water partition coefficient (Wildman–Crippen LogP) is 4.95. The third kappa shape index (κ3) is 7.58. The van der Waals surface area contributed by atoms with Gasteiger partial charge in [-0.25, -0.2) is 4.79 Å². The fourth-order valence-electron chi connectivity index (χ4n) is 2.69. The second-order valence-electron chi connectivity index (χ2n) is 6.22. The molecule has 0 aliphatic heterocycles. The van der Waals surface area contributed by atoms with Gasteiger partial charge in [0, 0.05) is 22.9 Å². The molecule has 0 bridgehead atoms. The van der Waals surface area contributed by atoms with Gasteiger partial charge in [0.05, 0.1) is 0 Å². The van der Waals surface area contributed by atoms with Crippen molar-refractivity contribution in [3.63, 3.8) is 0 Å². The SMILES string of the molecule is O=C(CCCCCc1cccc(Cl)c1)NCCCc1ccc(C(=O)O)s1. The molecule has 2 aromatic rings. The van der Waals surface area contributed by atoms with Crippen molar-refractivity contribution in [2.24, 2.45) is 0 Å². The number of carboxylic acids is 1. The molecule has 1 heterocycles. The molecule has 0 aliphatic carbocycles. The number of carboxylic acid groups (broad SMARTS) is 1. The van der Waals surface area contributed by atoms with E-state index in [1.165, 1.54) is 16.9 Å². The van der Waals surface area contributed by atoms with E-state index in [0.29, 0.717) is 17.8 Å². The Kier molecular flexibility index (Phi) is 8.65. The second-order valence-corrected chi connectivity index (χ2v) is 7.82. The number of nitrogens with one attached hydrogen (secondary N) is 1. The number of carbonyl (C=O) groups excluding carboxylic acids is 1. The van der Waals surface area contributed by atoms with Crippen molar-refractivity contribution >= 4 is 34.8 Å². The van der Waals surface area contributed by atoms with Gasteiger partial charge < -0.3 is 10.4 Å². The molecule has 2 rings (SSSR count). The zero-order valence-corrected chi connectivity index (χ0v) is 16.2. The van der Waals surface area contributed by atoms with Crippen LogP contribution >= 0.6 is 22.9 Å². The van der Waals surface area contributed by atoms with Crippen LogP contribution in [0.1, 0.15) is 52.2 Å². The van der Waals surface area contributed by atoms with Crippen LogP contribution in [0.3, 0.4) is 0 Å². The van der Waals surface area contributed by atoms with Crippen LogP contribution in [0, 0.1) is 0 Å². The monoisotopic (exact) mass is 393 g/mol. The fourth-order valence-corrected chi connectivity index (χ4v) is 3.79. The third-order valence-corrected chi connectivity index (χ3v) is 5.42. The topological polar surface area (TPSA) is 66.4 Å². The van der Waals surface area contributed by atoms with Crippen molar-refractivity contribution in [3.8, 4) is 0 Å². The van der Waals surface area contributed by atoms with E-state index in [0.717, 1.165) is 48.4 Å². The number of halogens is 1. The Morgan fingerprint density at radius 1 is 1.04 bits per heavy atom. The van der Waals surface area contributed by atoms with E-state index in [1.54, 1.807) is 6.07 Å². The van der Waals surface area contributed by atoms with E-state index >= 15 is 0 Å². The summed E-state index contributed by atoms with van der Waals surface area (Å²) < 4.78 is 0. The van der Waals surface area contributed by atoms with Crippen LogP contribution in [-0.4, -0.2) is 23.5 Å². The summed E-state index contributed by atoms with van der Waals surface area (Å²) in [6, 6.07) is 11.4. The lowest BCUT2D eigenvalue weighted by molar-refractivity contribution is -0.121. The average molecular weight is 394 g/mol. The minimum atomic E-state index is -0.884. The number of hydrogen-bond donors (Lipinski definition) is 2. The molecular formula is C20H24ClNO3S. The van der Waals surface area contributed by atoms with Gasteiger partial charge in [-0.05, 0) is 61.9 Å². The summed E-state index contributed by atoms with van der Waals surface area (Å²) in [6.45, 7) is 0.627. The number of hydrogen-bond acceptors (Lipinski definition) is 3. The first-order valence-corrected chi connectivity index (χ1v) is 10.1. The molecule has 2 N–H and O–H groups in total. The fraction of sp³-hybridized carbons (Fsp3) is 0.400. The summed E-state index contributed by atoms with van der Waals surface area (Å²) in [5.41, 5.74) is 1.24. The van der Waals surface area contributed by atoms with Crippen molar-refractivity contribution in [2.45, 2.75) is 44.9 Å². The average Bonchev–Trinajstić information content (AvgIpc) is 3.08. The highest BCUT2D eigenvalue weighted by Gasteiger charge is 2.07. The van der Waals surface area contributed by atoms with Crippen molar-refractivity contribution in [3.05, 3.63) is 56.7 Å². The summed E-state index contributed by atoms with van der Waals surface area (Å²) in [6.07, 6.45) is 6.11. The number of amides is 1. The Morgan fingerprint density at radius 2 is 1.88 bits per heavy atom. The highest BCUT2D eigenvalue weighted by molar-refractivity contribution is 7.13. The number of thiophene rings is 1. The number of aryl methyl sites for hydroxylation is 2. The van der Waals surface area contributed by atoms with Crippen molar-refractivity contribution in [1.82, 2.24) is 5.32 Å². The highest BCUT2D eigenvalue weighted by Crippen LogP contribution is 2.17. The smallest absolute Gasteiger partial charge is 0.345 e. The maximum atomic E-state index is 11.8. The van der Waals surface area contributed by atoms with E-state index in [4.69, 9.17) is 16.7 Å². The Labute approximate surface area is 163 Å². The Bertz CT molecular complexity index is 729. The molecule has 1 aromatic heterocycles. The summed E-state index contributed by atoms with van der Waals surface area (Å²) in [7, 11) is 0. The summed E-state index contributed by atoms with van der Waals surface area (Å²) >= 11 is 7.26. The minimum absolute atomic E-state index is 0.0881. The van der Waals surface area contributed by atoms with E-state index in [1.807, 2.05) is 24.3 Å². The molecule has 26 heavy (non-hydrogen) atoms. The van der Waals surface area contributed by atoms with Gasteiger partial charge in [-0.15, -0.1) is 11.3 Å². The maximum absolute atomic E-state index is 11.8. The molecule has 1 aromatic carbocycles. The predicted molar refractivity (Wildman–Crippen MR) is 106 cm³/mol. The number of aromatic carboxylic acids is 1. The molecule has 0 unspecified atom stereocenters. The van der Waals surface area contributed by atoms with E-state index in [-0.39, 0.29) is 5.91 Å². The summed E-state index contributed by atoms with van der Waals surface area (Å²) in [4.78, 5) is 24.0. The van der Waals surface area contributed by atoms with Crippen LogP contribution in [0.5, 0.6) is 0 Å². The Morgan fingerprint density at radius 3 is 2.62 bits per heavy atom. The number of benzene rings is 1. The molecule has 4 nitrogen and oxygen atoms in total. The van der Waals surface area contributed by atoms with E-state index in [2.05, 4.69) is 11.4 Å². The van der Waals surface area contributed by atoms with Gasteiger partial charge in [0.2, 0.25) is 5.91 Å². The van der Waals surface area contributed by atoms with E-state index < -0.39 is 5.97 Å². The molecule has 0 aliphatic rings. The van der Waals surface area contributed by atoms with Gasteiger partial charge in [0.1, 0.15) is 4.88 Å². The molecule has 0 fully saturated rings. The van der Waals surface area contributed by atoms with Crippen molar-refractivity contribution in [2.75, 3.05) is 6.54 Å². The first-order valence-electron chi connectivity index (χ1n) is 8.88. The quantitative estimate of drug-likeness (QED) is 0.530. The van der Waals surface area contributed by atoms with Gasteiger partial charge >= 0.3 is 5.97 Å². The Hall–Kier alpha value is -1.85. The van der Waals surface area contributed by atoms with Crippen LogP contribution in [0.4, 0.5) is 0 Å². The second kappa shape index (κ2) is 11.0. The molecular weight excluding hydrogens is 370 g/mol. The van der Waals surface area contributed by atoms with Crippen LogP contribution in [-0.2, 0) is 17.6 Å². The summed E-state index contributed by atoms with van der Waals surface area (Å²) in [5, 5.41) is 12.6. The number of carbonyl (C=O) groups is 2. The molecule has 1 amide bonds. The minimum Gasteiger partial charge on any atom is -0.477 e. The normalized spacial score (nSPS) is 10.7. The molecule has 0 spiro atoms. The first-order chi connectivity index (χ1) is 12.5. The lowest BCUT2D eigenvalue weighted by atomic mass is 10.1. The zero-order valence-electron chi connectivity index (χ0n) is 14.7. The largest absolute Gasteiger partial charge is 0.477 e. The number of rotatable bonds is 11. The van der Waals surface area contributed by atoms with Gasteiger partial charge in [-0.3, -0.25) is 4.79 Å². The molecule has 140 valence electrons. The van der Waals surface area contributed by atoms with Gasteiger partial charge in [-0.2, -0.15) is 0 Å². The standard InChI is InChI=1S/C20H24ClNO3S/c21-16-8-4-7-15(14-16)6-2-1-3-10-19(23)22-13-5-9-17-11-12-18(26-17)20(24)25/h4,7-8,11-12,14H,1-3,5-6,9-10,13H2,(H,22,23)(H,24,25). The molecule has 0 saturated heterocycles. The van der Waals surface area contributed by atoms with Crippen molar-refractivity contribution < 1.29 is 14.7 Å². The van der Waals surface area contributed by atoms with E-state index in [9.17, 15) is 9.59 Å². The van der Waals surface area contributed by atoms with Gasteiger partial charge in [0.25, 0.3) is 0 Å². The third-order valence-electron chi connectivity index (χ3n) is 4.05. The lowest BCUT2D eigenvalue weighted by Gasteiger charge is -2.05. The molecule has 0 radical (unpaired) electrons. The maximum Gasteiger partial charge on any atom is 0.345 e. The van der Waals surface area contributed by atoms with Crippen LogP contribution in [0.25, 0.3) is 0 Å². The first kappa shape index (κ1) is 20.5. The molecule has 0 saturated carbocycles. The van der Waals surface area contributed by atoms with Gasteiger partial charge in [-0.1, -0.05) is 30.2 Å². The number of unbranched alkanes of at least 4 members (excludes halogenated alkanes) is 2. The molecule has 6 heteroatoms. The molecule has 0 atom stereocenters. The Balaban J connectivity index is 1.50. The van der Waals surface area contributed by atoms with Gasteiger partial charge in [0.15, 0.2) is 0 Å². The zero-order chi connectivity index (χ0) is 18.8. The highest BCUT2D eigenvalue weighted by atomic mass is 35.5.